The Morgan fingerprint density at radius 1 is 0.913 bits per heavy atom. The second kappa shape index (κ2) is 6.60. The van der Waals surface area contributed by atoms with E-state index >= 15 is 0 Å². The molecule has 0 spiro atoms. The normalized spacial score (nSPS) is 10.0. The van der Waals surface area contributed by atoms with Crippen LogP contribution in [-0.2, 0) is 0 Å². The lowest BCUT2D eigenvalue weighted by Gasteiger charge is -2.07. The van der Waals surface area contributed by atoms with Gasteiger partial charge in [-0.15, -0.1) is 0 Å². The van der Waals surface area contributed by atoms with E-state index in [1.165, 1.54) is 12.1 Å². The Balaban J connectivity index is 2.05. The molecule has 2 aromatic rings. The van der Waals surface area contributed by atoms with Gasteiger partial charge in [-0.05, 0) is 36.4 Å². The molecule has 118 valence electrons. The Morgan fingerprint density at radius 3 is 2.00 bits per heavy atom. The third-order valence-electron chi connectivity index (χ3n) is 2.80. The van der Waals surface area contributed by atoms with Gasteiger partial charge in [0.15, 0.2) is 0 Å². The van der Waals surface area contributed by atoms with Crippen LogP contribution in [0.5, 0.6) is 0 Å². The zero-order valence-corrected chi connectivity index (χ0v) is 11.4. The molecule has 0 saturated carbocycles. The fourth-order valence-corrected chi connectivity index (χ4v) is 1.65. The molecule has 9 heteroatoms. The van der Waals surface area contributed by atoms with Crippen molar-refractivity contribution in [3.63, 3.8) is 0 Å². The average Bonchev–Trinajstić information content (AvgIpc) is 2.53. The maximum Gasteiger partial charge on any atom is 0.305 e. The van der Waals surface area contributed by atoms with Crippen LogP contribution in [0.2, 0.25) is 0 Å². The molecular formula is C14H9F2N3O4. The van der Waals surface area contributed by atoms with Gasteiger partial charge in [-0.1, -0.05) is 0 Å². The Bertz CT molecular complexity index is 778. The minimum atomic E-state index is -1.08. The lowest BCUT2D eigenvalue weighted by Crippen LogP contribution is -2.41. The van der Waals surface area contributed by atoms with Crippen molar-refractivity contribution in [2.75, 3.05) is 0 Å². The second-order valence-corrected chi connectivity index (χ2v) is 4.34. The van der Waals surface area contributed by atoms with Crippen LogP contribution >= 0.6 is 0 Å². The van der Waals surface area contributed by atoms with E-state index in [0.717, 1.165) is 30.3 Å². The van der Waals surface area contributed by atoms with Crippen molar-refractivity contribution in [2.24, 2.45) is 0 Å². The molecule has 2 amide bonds. The standard InChI is InChI=1S/C14H9F2N3O4/c15-10-4-1-8(2-5-10)13(20)17-18-14(21)9-3-6-11(16)12(7-9)19(22)23/h1-7H,(H,17,20)(H,18,21). The van der Waals surface area contributed by atoms with Crippen LogP contribution in [0, 0.1) is 21.7 Å². The van der Waals surface area contributed by atoms with Crippen molar-refractivity contribution < 1.29 is 23.3 Å². The number of nitro benzene ring substituents is 1. The number of rotatable bonds is 3. The summed E-state index contributed by atoms with van der Waals surface area (Å²) in [7, 11) is 0. The van der Waals surface area contributed by atoms with Crippen molar-refractivity contribution in [1.29, 1.82) is 0 Å². The highest BCUT2D eigenvalue weighted by atomic mass is 19.1. The van der Waals surface area contributed by atoms with E-state index in [9.17, 15) is 28.5 Å². The SMILES string of the molecule is O=C(NNC(=O)c1ccc(F)c([N+](=O)[O-])c1)c1ccc(F)cc1. The quantitative estimate of drug-likeness (QED) is 0.666. The van der Waals surface area contributed by atoms with Gasteiger partial charge < -0.3 is 0 Å². The lowest BCUT2D eigenvalue weighted by atomic mass is 10.2. The van der Waals surface area contributed by atoms with E-state index in [-0.39, 0.29) is 11.1 Å². The number of nitrogens with zero attached hydrogens (tertiary/aromatic N) is 1. The molecule has 2 rings (SSSR count). The Morgan fingerprint density at radius 2 is 1.43 bits per heavy atom. The van der Waals surface area contributed by atoms with E-state index in [4.69, 9.17) is 0 Å². The third kappa shape index (κ3) is 3.84. The molecule has 0 fully saturated rings. The maximum absolute atomic E-state index is 13.2. The fourth-order valence-electron chi connectivity index (χ4n) is 1.65. The molecule has 23 heavy (non-hydrogen) atoms. The van der Waals surface area contributed by atoms with Crippen LogP contribution in [0.15, 0.2) is 42.5 Å². The summed E-state index contributed by atoms with van der Waals surface area (Å²) in [6.45, 7) is 0. The van der Waals surface area contributed by atoms with Crippen LogP contribution in [0.25, 0.3) is 0 Å². The second-order valence-electron chi connectivity index (χ2n) is 4.34. The number of carbonyl (C=O) groups excluding carboxylic acids is 2. The molecule has 0 unspecified atom stereocenters. The van der Waals surface area contributed by atoms with Crippen LogP contribution < -0.4 is 10.9 Å². The molecule has 0 heterocycles. The van der Waals surface area contributed by atoms with Crippen LogP contribution in [0.4, 0.5) is 14.5 Å². The first-order valence-electron chi connectivity index (χ1n) is 6.18. The van der Waals surface area contributed by atoms with E-state index in [1.807, 2.05) is 5.43 Å². The molecule has 0 atom stereocenters. The summed E-state index contributed by atoms with van der Waals surface area (Å²) in [5, 5.41) is 10.6. The molecule has 2 aromatic carbocycles. The van der Waals surface area contributed by atoms with Gasteiger partial charge in [0, 0.05) is 17.2 Å². The number of hydrazine groups is 1. The zero-order valence-electron chi connectivity index (χ0n) is 11.4. The predicted molar refractivity (Wildman–Crippen MR) is 74.4 cm³/mol. The number of hydrogen-bond acceptors (Lipinski definition) is 4. The van der Waals surface area contributed by atoms with Crippen molar-refractivity contribution in [2.45, 2.75) is 0 Å². The molecule has 0 aromatic heterocycles. The smallest absolute Gasteiger partial charge is 0.267 e. The first-order valence-corrected chi connectivity index (χ1v) is 6.18. The van der Waals surface area contributed by atoms with Crippen molar-refractivity contribution in [3.8, 4) is 0 Å². The number of nitrogens with one attached hydrogen (secondary N) is 2. The van der Waals surface area contributed by atoms with Gasteiger partial charge in [-0.3, -0.25) is 30.6 Å². The predicted octanol–water partition coefficient (Wildman–Crippen LogP) is 1.95. The summed E-state index contributed by atoms with van der Waals surface area (Å²) in [6.07, 6.45) is 0. The van der Waals surface area contributed by atoms with Crippen molar-refractivity contribution in [1.82, 2.24) is 10.9 Å². The summed E-state index contributed by atoms with van der Waals surface area (Å²) in [5.41, 5.74) is 3.10. The minimum absolute atomic E-state index is 0.0942. The Hall–Kier alpha value is -3.36. The summed E-state index contributed by atoms with van der Waals surface area (Å²) >= 11 is 0. The van der Waals surface area contributed by atoms with Gasteiger partial charge in [0.05, 0.1) is 4.92 Å². The largest absolute Gasteiger partial charge is 0.305 e. The number of hydrogen-bond donors (Lipinski definition) is 2. The number of halogens is 2. The maximum atomic E-state index is 13.2. The average molecular weight is 321 g/mol. The lowest BCUT2D eigenvalue weighted by molar-refractivity contribution is -0.387. The molecule has 2 N–H and O–H groups in total. The minimum Gasteiger partial charge on any atom is -0.267 e. The molecule has 0 saturated heterocycles. The van der Waals surface area contributed by atoms with Gasteiger partial charge in [-0.25, -0.2) is 4.39 Å². The number of benzene rings is 2. The van der Waals surface area contributed by atoms with E-state index in [1.54, 1.807) is 0 Å². The topological polar surface area (TPSA) is 101 Å². The molecule has 0 aliphatic rings. The van der Waals surface area contributed by atoms with Gasteiger partial charge in [0.2, 0.25) is 5.82 Å². The van der Waals surface area contributed by atoms with Gasteiger partial charge in [0.1, 0.15) is 5.82 Å². The van der Waals surface area contributed by atoms with Crippen LogP contribution in [0.3, 0.4) is 0 Å². The van der Waals surface area contributed by atoms with Gasteiger partial charge in [-0.2, -0.15) is 4.39 Å². The van der Waals surface area contributed by atoms with Crippen LogP contribution in [0.1, 0.15) is 20.7 Å². The molecular weight excluding hydrogens is 312 g/mol. The van der Waals surface area contributed by atoms with Gasteiger partial charge in [0.25, 0.3) is 11.8 Å². The first-order chi connectivity index (χ1) is 10.9. The monoisotopic (exact) mass is 321 g/mol. The van der Waals surface area contributed by atoms with Crippen molar-refractivity contribution in [3.05, 3.63) is 75.3 Å². The first kappa shape index (κ1) is 16.0. The molecule has 0 radical (unpaired) electrons. The molecule has 7 nitrogen and oxygen atoms in total. The highest BCUT2D eigenvalue weighted by Crippen LogP contribution is 2.18. The summed E-state index contributed by atoms with van der Waals surface area (Å²) < 4.78 is 25.9. The van der Waals surface area contributed by atoms with Crippen molar-refractivity contribution >= 4 is 17.5 Å². The summed E-state index contributed by atoms with van der Waals surface area (Å²) in [6, 6.07) is 7.10. The highest BCUT2D eigenvalue weighted by molar-refractivity contribution is 5.99. The van der Waals surface area contributed by atoms with E-state index in [2.05, 4.69) is 5.43 Å². The Labute approximate surface area is 128 Å². The summed E-state index contributed by atoms with van der Waals surface area (Å²) in [4.78, 5) is 33.1. The third-order valence-corrected chi connectivity index (χ3v) is 2.80. The number of nitro groups is 1. The zero-order chi connectivity index (χ0) is 17.0. The highest BCUT2D eigenvalue weighted by Gasteiger charge is 2.18. The number of carbonyl (C=O) groups is 2. The number of amides is 2. The molecule has 0 bridgehead atoms. The van der Waals surface area contributed by atoms with Gasteiger partial charge >= 0.3 is 5.69 Å². The van der Waals surface area contributed by atoms with E-state index in [0.29, 0.717) is 0 Å². The van der Waals surface area contributed by atoms with E-state index < -0.39 is 34.1 Å². The fraction of sp³-hybridized carbons (Fsp3) is 0. The Kier molecular flexibility index (Phi) is 4.60. The molecule has 0 aliphatic heterocycles. The van der Waals surface area contributed by atoms with Crippen LogP contribution in [-0.4, -0.2) is 16.7 Å². The summed E-state index contributed by atoms with van der Waals surface area (Å²) in [5.74, 6) is -3.19. The molecule has 0 aliphatic carbocycles.